The molecule has 0 N–H and O–H groups in total. The molecular weight excluding hydrogens is 276 g/mol. The topological polar surface area (TPSA) is 44.8 Å². The fraction of sp³-hybridized carbons (Fsp3) is 0.364. The Morgan fingerprint density at radius 2 is 2.19 bits per heavy atom. The number of hydrogen-bond acceptors (Lipinski definition) is 4. The molecule has 0 aromatic heterocycles. The monoisotopic (exact) mass is 286 g/mol. The molecule has 0 fully saturated rings. The van der Waals surface area contributed by atoms with Crippen molar-refractivity contribution in [2.24, 2.45) is 0 Å². The number of fused-ring (bicyclic) bond motifs is 1. The van der Waals surface area contributed by atoms with Crippen LogP contribution in [0.3, 0.4) is 0 Å². The van der Waals surface area contributed by atoms with Gasteiger partial charge in [0.15, 0.2) is 11.5 Å². The van der Waals surface area contributed by atoms with Gasteiger partial charge in [0.05, 0.1) is 12.7 Å². The highest BCUT2D eigenvalue weighted by molar-refractivity contribution is 9.10. The first kappa shape index (κ1) is 11.3. The average Bonchev–Trinajstić information content (AvgIpc) is 2.58. The number of benzene rings is 1. The Bertz CT molecular complexity index is 456. The van der Waals surface area contributed by atoms with Gasteiger partial charge in [-0.05, 0) is 28.9 Å². The summed E-state index contributed by atoms with van der Waals surface area (Å²) in [6.07, 6.45) is -0.325. The summed E-state index contributed by atoms with van der Waals surface area (Å²) >= 11 is 3.33. The Balaban J connectivity index is 2.58. The molecule has 0 bridgehead atoms. The molecule has 0 radical (unpaired) electrons. The van der Waals surface area contributed by atoms with Gasteiger partial charge in [-0.15, -0.1) is 0 Å². The molecule has 5 heteroatoms. The summed E-state index contributed by atoms with van der Waals surface area (Å²) in [5.74, 6) is 0.857. The normalized spacial score (nSPS) is 17.4. The number of esters is 1. The zero-order valence-corrected chi connectivity index (χ0v) is 10.8. The van der Waals surface area contributed by atoms with Crippen LogP contribution in [0.1, 0.15) is 22.8 Å². The average molecular weight is 287 g/mol. The molecular formula is C11H11BrO4. The molecule has 1 aliphatic heterocycles. The van der Waals surface area contributed by atoms with E-state index in [1.807, 2.05) is 0 Å². The Hall–Kier alpha value is -1.23. The molecule has 0 saturated carbocycles. The van der Waals surface area contributed by atoms with E-state index in [1.165, 1.54) is 7.11 Å². The fourth-order valence-corrected chi connectivity index (χ4v) is 2.35. The summed E-state index contributed by atoms with van der Waals surface area (Å²) in [7, 11) is 1.35. The molecule has 1 atom stereocenters. The molecule has 0 saturated heterocycles. The fourth-order valence-electron chi connectivity index (χ4n) is 1.69. The van der Waals surface area contributed by atoms with Crippen LogP contribution in [0.15, 0.2) is 10.5 Å². The van der Waals surface area contributed by atoms with Crippen LogP contribution in [0.4, 0.5) is 0 Å². The van der Waals surface area contributed by atoms with Gasteiger partial charge in [0.2, 0.25) is 6.29 Å². The van der Waals surface area contributed by atoms with Gasteiger partial charge in [0.1, 0.15) is 0 Å². The van der Waals surface area contributed by atoms with Crippen LogP contribution in [0.25, 0.3) is 0 Å². The molecule has 2 rings (SSSR count). The summed E-state index contributed by atoms with van der Waals surface area (Å²) in [4.78, 5) is 11.6. The van der Waals surface area contributed by atoms with Crippen molar-refractivity contribution >= 4 is 21.9 Å². The molecule has 0 spiro atoms. The van der Waals surface area contributed by atoms with Crippen LogP contribution in [-0.2, 0) is 4.74 Å². The van der Waals surface area contributed by atoms with E-state index < -0.39 is 5.97 Å². The molecule has 86 valence electrons. The van der Waals surface area contributed by atoms with Crippen LogP contribution < -0.4 is 9.47 Å². The molecule has 1 heterocycles. The second-order valence-corrected chi connectivity index (χ2v) is 4.33. The van der Waals surface area contributed by atoms with Crippen molar-refractivity contribution in [1.29, 1.82) is 0 Å². The third-order valence-corrected chi connectivity index (χ3v) is 3.03. The van der Waals surface area contributed by atoms with Crippen LogP contribution in [0, 0.1) is 6.92 Å². The zero-order chi connectivity index (χ0) is 11.9. The van der Waals surface area contributed by atoms with Crippen molar-refractivity contribution < 1.29 is 19.0 Å². The highest BCUT2D eigenvalue weighted by atomic mass is 79.9. The Morgan fingerprint density at radius 3 is 2.81 bits per heavy atom. The van der Waals surface area contributed by atoms with Crippen LogP contribution >= 0.6 is 15.9 Å². The first-order valence-corrected chi connectivity index (χ1v) is 5.58. The predicted octanol–water partition coefficient (Wildman–Crippen LogP) is 2.66. The number of methoxy groups -OCH3 is 1. The SMILES string of the molecule is COC(=O)c1c(Br)cc2c(c1C)OC(C)O2. The second kappa shape index (κ2) is 3.97. The summed E-state index contributed by atoms with van der Waals surface area (Å²) in [5, 5.41) is 0. The third-order valence-electron chi connectivity index (χ3n) is 2.40. The third kappa shape index (κ3) is 1.65. The van der Waals surface area contributed by atoms with Gasteiger partial charge >= 0.3 is 5.97 Å². The van der Waals surface area contributed by atoms with Gasteiger partial charge in [-0.1, -0.05) is 0 Å². The van der Waals surface area contributed by atoms with E-state index in [0.29, 0.717) is 21.5 Å². The summed E-state index contributed by atoms with van der Waals surface area (Å²) in [5.41, 5.74) is 1.19. The Morgan fingerprint density at radius 1 is 1.50 bits per heavy atom. The Kier molecular flexibility index (Phi) is 2.80. The quantitative estimate of drug-likeness (QED) is 0.745. The smallest absolute Gasteiger partial charge is 0.339 e. The van der Waals surface area contributed by atoms with E-state index in [-0.39, 0.29) is 6.29 Å². The van der Waals surface area contributed by atoms with Gasteiger partial charge in [0, 0.05) is 17.0 Å². The first-order valence-electron chi connectivity index (χ1n) is 4.79. The molecule has 1 unspecified atom stereocenters. The van der Waals surface area contributed by atoms with Crippen molar-refractivity contribution in [2.75, 3.05) is 7.11 Å². The minimum absolute atomic E-state index is 0.325. The summed E-state index contributed by atoms with van der Waals surface area (Å²) in [6, 6.07) is 1.72. The van der Waals surface area contributed by atoms with Crippen molar-refractivity contribution in [3.05, 3.63) is 21.7 Å². The first-order chi connectivity index (χ1) is 7.54. The van der Waals surface area contributed by atoms with Crippen LogP contribution in [0.5, 0.6) is 11.5 Å². The summed E-state index contributed by atoms with van der Waals surface area (Å²) in [6.45, 7) is 3.60. The lowest BCUT2D eigenvalue weighted by molar-refractivity contribution is 0.0593. The number of halogens is 1. The lowest BCUT2D eigenvalue weighted by atomic mass is 10.1. The molecule has 0 amide bonds. The molecule has 0 aliphatic carbocycles. The van der Waals surface area contributed by atoms with Crippen LogP contribution in [0.2, 0.25) is 0 Å². The Labute approximate surface area is 102 Å². The van der Waals surface area contributed by atoms with Gasteiger partial charge in [0.25, 0.3) is 0 Å². The number of carbonyl (C=O) groups is 1. The number of hydrogen-bond donors (Lipinski definition) is 0. The number of ether oxygens (including phenoxy) is 3. The molecule has 4 nitrogen and oxygen atoms in total. The van der Waals surface area contributed by atoms with Gasteiger partial charge in [-0.25, -0.2) is 4.79 Å². The van der Waals surface area contributed by atoms with Crippen molar-refractivity contribution in [1.82, 2.24) is 0 Å². The highest BCUT2D eigenvalue weighted by Crippen LogP contribution is 2.42. The lowest BCUT2D eigenvalue weighted by Crippen LogP contribution is -2.11. The number of carbonyl (C=O) groups excluding carboxylic acids is 1. The lowest BCUT2D eigenvalue weighted by Gasteiger charge is -2.09. The van der Waals surface area contributed by atoms with E-state index in [1.54, 1.807) is 19.9 Å². The second-order valence-electron chi connectivity index (χ2n) is 3.48. The maximum absolute atomic E-state index is 11.6. The molecule has 1 aliphatic rings. The minimum atomic E-state index is -0.393. The van der Waals surface area contributed by atoms with Crippen molar-refractivity contribution in [3.63, 3.8) is 0 Å². The van der Waals surface area contributed by atoms with E-state index in [4.69, 9.17) is 14.2 Å². The van der Waals surface area contributed by atoms with Crippen LogP contribution in [-0.4, -0.2) is 19.4 Å². The van der Waals surface area contributed by atoms with Crippen molar-refractivity contribution in [2.45, 2.75) is 20.1 Å². The van der Waals surface area contributed by atoms with E-state index >= 15 is 0 Å². The molecule has 1 aromatic carbocycles. The largest absolute Gasteiger partial charge is 0.465 e. The maximum atomic E-state index is 11.6. The predicted molar refractivity (Wildman–Crippen MR) is 60.9 cm³/mol. The van der Waals surface area contributed by atoms with Gasteiger partial charge in [-0.3, -0.25) is 0 Å². The summed E-state index contributed by atoms with van der Waals surface area (Å²) < 4.78 is 16.3. The maximum Gasteiger partial charge on any atom is 0.339 e. The zero-order valence-electron chi connectivity index (χ0n) is 9.17. The van der Waals surface area contributed by atoms with Gasteiger partial charge < -0.3 is 14.2 Å². The molecule has 1 aromatic rings. The minimum Gasteiger partial charge on any atom is -0.465 e. The number of rotatable bonds is 1. The highest BCUT2D eigenvalue weighted by Gasteiger charge is 2.28. The molecule has 16 heavy (non-hydrogen) atoms. The van der Waals surface area contributed by atoms with E-state index in [2.05, 4.69) is 15.9 Å². The van der Waals surface area contributed by atoms with E-state index in [0.717, 1.165) is 5.56 Å². The van der Waals surface area contributed by atoms with E-state index in [9.17, 15) is 4.79 Å². The standard InChI is InChI=1S/C11H11BrO4/c1-5-9(11(13)14-3)7(12)4-8-10(5)16-6(2)15-8/h4,6H,1-3H3. The van der Waals surface area contributed by atoms with Crippen molar-refractivity contribution in [3.8, 4) is 11.5 Å². The van der Waals surface area contributed by atoms with Gasteiger partial charge in [-0.2, -0.15) is 0 Å².